The number of aliphatic hydroxyl groups excluding tert-OH is 1. The average molecular weight is 281 g/mol. The fraction of sp³-hybridized carbons (Fsp3) is 0.0667. The molecule has 1 aromatic carbocycles. The lowest BCUT2D eigenvalue weighted by Crippen LogP contribution is -1.92. The van der Waals surface area contributed by atoms with Crippen molar-refractivity contribution in [2.75, 3.05) is 0 Å². The van der Waals surface area contributed by atoms with Crippen LogP contribution in [0.25, 0.3) is 28.0 Å². The highest BCUT2D eigenvalue weighted by Gasteiger charge is 2.08. The van der Waals surface area contributed by atoms with E-state index in [1.165, 1.54) is 0 Å². The van der Waals surface area contributed by atoms with Gasteiger partial charge in [-0.05, 0) is 29.8 Å². The molecule has 21 heavy (non-hydrogen) atoms. The van der Waals surface area contributed by atoms with Gasteiger partial charge in [0.2, 0.25) is 0 Å². The summed E-state index contributed by atoms with van der Waals surface area (Å²) in [5, 5.41) is 9.16. The Kier molecular flexibility index (Phi) is 2.45. The molecule has 0 fully saturated rings. The van der Waals surface area contributed by atoms with Gasteiger partial charge in [0.25, 0.3) is 0 Å². The summed E-state index contributed by atoms with van der Waals surface area (Å²) in [4.78, 5) is 18.3. The van der Waals surface area contributed by atoms with E-state index in [0.29, 0.717) is 11.1 Å². The molecular weight excluding hydrogens is 270 g/mol. The van der Waals surface area contributed by atoms with Crippen LogP contribution in [0.1, 0.15) is 5.56 Å². The van der Waals surface area contributed by atoms with Crippen LogP contribution in [-0.2, 0) is 6.61 Å². The van der Waals surface area contributed by atoms with E-state index >= 15 is 0 Å². The highest BCUT2D eigenvalue weighted by atomic mass is 16.4. The zero-order valence-electron chi connectivity index (χ0n) is 10.9. The van der Waals surface area contributed by atoms with E-state index in [2.05, 4.69) is 9.97 Å². The van der Waals surface area contributed by atoms with Crippen molar-refractivity contribution in [3.8, 4) is 11.3 Å². The number of hydrogen-bond acceptors (Lipinski definition) is 4. The quantitative estimate of drug-likeness (QED) is 0.588. The van der Waals surface area contributed by atoms with Gasteiger partial charge in [-0.3, -0.25) is 4.98 Å². The molecule has 0 bridgehead atoms. The van der Waals surface area contributed by atoms with Gasteiger partial charge in [-0.1, -0.05) is 6.07 Å². The Labute approximate surface area is 118 Å². The first-order chi connectivity index (χ1) is 10.2. The molecule has 6 heteroatoms. The molecule has 0 spiro atoms. The van der Waals surface area contributed by atoms with Crippen LogP contribution >= 0.6 is 0 Å². The molecule has 0 amide bonds. The molecular formula is C15H11N3O3. The number of H-pyrrole nitrogens is 1. The number of oxazole rings is 1. The molecule has 0 atom stereocenters. The number of aromatic amines is 1. The third-order valence-electron chi connectivity index (χ3n) is 3.42. The molecule has 3 heterocycles. The standard InChI is InChI=1S/C15H11N3O3/c19-8-9-3-4-18-7-12(16-14(18)5-9)10-1-2-11-13(6-10)21-15(20)17-11/h1-7,19H,8H2,(H,17,20). The lowest BCUT2D eigenvalue weighted by atomic mass is 10.1. The molecule has 2 N–H and O–H groups in total. The Bertz CT molecular complexity index is 1010. The lowest BCUT2D eigenvalue weighted by molar-refractivity contribution is 0.282. The number of imidazole rings is 1. The van der Waals surface area contributed by atoms with Crippen molar-refractivity contribution in [3.05, 3.63) is 58.8 Å². The molecule has 0 saturated heterocycles. The minimum Gasteiger partial charge on any atom is -0.408 e. The number of nitrogens with one attached hydrogen (secondary N) is 1. The smallest absolute Gasteiger partial charge is 0.408 e. The molecule has 6 nitrogen and oxygen atoms in total. The van der Waals surface area contributed by atoms with Crippen LogP contribution in [0.2, 0.25) is 0 Å². The van der Waals surface area contributed by atoms with Gasteiger partial charge in [0, 0.05) is 18.0 Å². The maximum absolute atomic E-state index is 11.2. The zero-order chi connectivity index (χ0) is 14.4. The van der Waals surface area contributed by atoms with E-state index in [1.54, 1.807) is 12.1 Å². The monoisotopic (exact) mass is 281 g/mol. The number of pyridine rings is 1. The van der Waals surface area contributed by atoms with Gasteiger partial charge in [-0.2, -0.15) is 0 Å². The largest absolute Gasteiger partial charge is 0.417 e. The second-order valence-corrected chi connectivity index (χ2v) is 4.81. The Balaban J connectivity index is 1.88. The van der Waals surface area contributed by atoms with E-state index in [1.807, 2.05) is 35.0 Å². The molecule has 0 aliphatic rings. The number of fused-ring (bicyclic) bond motifs is 2. The molecule has 0 radical (unpaired) electrons. The van der Waals surface area contributed by atoms with Crippen molar-refractivity contribution in [3.63, 3.8) is 0 Å². The van der Waals surface area contributed by atoms with Crippen molar-refractivity contribution in [1.29, 1.82) is 0 Å². The summed E-state index contributed by atoms with van der Waals surface area (Å²) in [6.07, 6.45) is 3.74. The van der Waals surface area contributed by atoms with Crippen LogP contribution in [0.15, 0.2) is 51.9 Å². The summed E-state index contributed by atoms with van der Waals surface area (Å²) < 4.78 is 6.94. The third kappa shape index (κ3) is 1.93. The minimum atomic E-state index is -0.468. The summed E-state index contributed by atoms with van der Waals surface area (Å²) in [6.45, 7) is -0.0147. The Hall–Kier alpha value is -2.86. The van der Waals surface area contributed by atoms with Crippen molar-refractivity contribution in [1.82, 2.24) is 14.4 Å². The highest BCUT2D eigenvalue weighted by molar-refractivity contribution is 5.79. The van der Waals surface area contributed by atoms with Gasteiger partial charge in [0.15, 0.2) is 5.58 Å². The van der Waals surface area contributed by atoms with Gasteiger partial charge < -0.3 is 13.9 Å². The molecule has 4 rings (SSSR count). The summed E-state index contributed by atoms with van der Waals surface area (Å²) in [7, 11) is 0. The molecule has 0 unspecified atom stereocenters. The highest BCUT2D eigenvalue weighted by Crippen LogP contribution is 2.23. The summed E-state index contributed by atoms with van der Waals surface area (Å²) in [5.74, 6) is -0.468. The van der Waals surface area contributed by atoms with E-state index in [0.717, 1.165) is 22.5 Å². The first-order valence-corrected chi connectivity index (χ1v) is 6.45. The first-order valence-electron chi connectivity index (χ1n) is 6.45. The second-order valence-electron chi connectivity index (χ2n) is 4.81. The SMILES string of the molecule is O=c1[nH]c2ccc(-c3cn4ccc(CO)cc4n3)cc2o1. The van der Waals surface area contributed by atoms with Gasteiger partial charge in [0.1, 0.15) is 5.65 Å². The lowest BCUT2D eigenvalue weighted by Gasteiger charge is -1.95. The average Bonchev–Trinajstić information content (AvgIpc) is 3.07. The fourth-order valence-electron chi connectivity index (χ4n) is 2.37. The molecule has 0 saturated carbocycles. The second kappa shape index (κ2) is 4.32. The number of aromatic nitrogens is 3. The van der Waals surface area contributed by atoms with E-state index in [4.69, 9.17) is 9.52 Å². The summed E-state index contributed by atoms with van der Waals surface area (Å²) in [6, 6.07) is 9.12. The molecule has 104 valence electrons. The number of nitrogens with zero attached hydrogens (tertiary/aromatic N) is 2. The minimum absolute atomic E-state index is 0.0147. The Morgan fingerprint density at radius 2 is 2.19 bits per heavy atom. The third-order valence-corrected chi connectivity index (χ3v) is 3.42. The molecule has 4 aromatic rings. The van der Waals surface area contributed by atoms with Gasteiger partial charge in [-0.15, -0.1) is 0 Å². The summed E-state index contributed by atoms with van der Waals surface area (Å²) in [5.41, 5.74) is 4.37. The Morgan fingerprint density at radius 3 is 3.05 bits per heavy atom. The molecule has 0 aliphatic heterocycles. The van der Waals surface area contributed by atoms with Crippen molar-refractivity contribution < 1.29 is 9.52 Å². The molecule has 3 aromatic heterocycles. The van der Waals surface area contributed by atoms with E-state index < -0.39 is 5.76 Å². The van der Waals surface area contributed by atoms with Gasteiger partial charge >= 0.3 is 5.76 Å². The number of benzene rings is 1. The van der Waals surface area contributed by atoms with Crippen LogP contribution < -0.4 is 5.76 Å². The van der Waals surface area contributed by atoms with Crippen LogP contribution in [0.4, 0.5) is 0 Å². The Morgan fingerprint density at radius 1 is 1.29 bits per heavy atom. The topological polar surface area (TPSA) is 83.5 Å². The zero-order valence-corrected chi connectivity index (χ0v) is 10.9. The first kappa shape index (κ1) is 11.9. The van der Waals surface area contributed by atoms with Crippen molar-refractivity contribution in [2.24, 2.45) is 0 Å². The fourth-order valence-corrected chi connectivity index (χ4v) is 2.37. The predicted molar refractivity (Wildman–Crippen MR) is 76.9 cm³/mol. The van der Waals surface area contributed by atoms with Crippen LogP contribution in [-0.4, -0.2) is 19.5 Å². The van der Waals surface area contributed by atoms with E-state index in [9.17, 15) is 4.79 Å². The number of hydrogen-bond donors (Lipinski definition) is 2. The van der Waals surface area contributed by atoms with Gasteiger partial charge in [0.05, 0.1) is 17.8 Å². The van der Waals surface area contributed by atoms with Crippen LogP contribution in [0.3, 0.4) is 0 Å². The van der Waals surface area contributed by atoms with Crippen LogP contribution in [0, 0.1) is 0 Å². The predicted octanol–water partition coefficient (Wildman–Crippen LogP) is 1.93. The normalized spacial score (nSPS) is 11.5. The number of rotatable bonds is 2. The van der Waals surface area contributed by atoms with Crippen LogP contribution in [0.5, 0.6) is 0 Å². The molecule has 0 aliphatic carbocycles. The van der Waals surface area contributed by atoms with Crippen molar-refractivity contribution >= 4 is 16.7 Å². The van der Waals surface area contributed by atoms with E-state index in [-0.39, 0.29) is 6.61 Å². The maximum Gasteiger partial charge on any atom is 0.417 e. The van der Waals surface area contributed by atoms with Gasteiger partial charge in [-0.25, -0.2) is 9.78 Å². The maximum atomic E-state index is 11.2. The summed E-state index contributed by atoms with van der Waals surface area (Å²) >= 11 is 0. The van der Waals surface area contributed by atoms with Crippen molar-refractivity contribution in [2.45, 2.75) is 6.61 Å². The number of aliphatic hydroxyl groups is 1.